The third-order valence-electron chi connectivity index (χ3n) is 3.68. The van der Waals surface area contributed by atoms with Crippen LogP contribution in [0.3, 0.4) is 0 Å². The lowest BCUT2D eigenvalue weighted by molar-refractivity contribution is 0.226. The van der Waals surface area contributed by atoms with E-state index >= 15 is 0 Å². The first-order valence-corrected chi connectivity index (χ1v) is 6.30. The van der Waals surface area contributed by atoms with Crippen LogP contribution < -0.4 is 5.32 Å². The molecule has 1 aliphatic rings. The smallest absolute Gasteiger partial charge is 0.133 e. The molecule has 1 aliphatic carbocycles. The Hall–Kier alpha value is -0.830. The number of rotatable bonds is 3. The Kier molecular flexibility index (Phi) is 3.64. The van der Waals surface area contributed by atoms with Gasteiger partial charge in [-0.1, -0.05) is 25.4 Å². The lowest BCUT2D eigenvalue weighted by atomic mass is 9.80. The average Bonchev–Trinajstić information content (AvgIpc) is 2.66. The molecule has 1 N–H and O–H groups in total. The van der Waals surface area contributed by atoms with E-state index in [4.69, 9.17) is 4.52 Å². The van der Waals surface area contributed by atoms with E-state index in [1.807, 2.05) is 13.0 Å². The van der Waals surface area contributed by atoms with E-state index in [-0.39, 0.29) is 0 Å². The van der Waals surface area contributed by atoms with E-state index in [1.165, 1.54) is 19.3 Å². The van der Waals surface area contributed by atoms with Crippen LogP contribution in [-0.2, 0) is 6.54 Å². The Labute approximate surface area is 97.6 Å². The number of nitrogens with one attached hydrogen (secondary N) is 1. The second-order valence-electron chi connectivity index (χ2n) is 5.31. The molecular formula is C13H22N2O. The molecule has 0 amide bonds. The molecule has 1 saturated carbocycles. The first-order chi connectivity index (χ1) is 7.65. The molecular weight excluding hydrogens is 200 g/mol. The summed E-state index contributed by atoms with van der Waals surface area (Å²) in [5, 5.41) is 7.62. The zero-order valence-electron chi connectivity index (χ0n) is 10.5. The molecule has 2 rings (SSSR count). The predicted molar refractivity (Wildman–Crippen MR) is 64.0 cm³/mol. The maximum absolute atomic E-state index is 5.06. The van der Waals surface area contributed by atoms with Crippen molar-refractivity contribution in [2.45, 2.75) is 52.6 Å². The van der Waals surface area contributed by atoms with Gasteiger partial charge < -0.3 is 9.84 Å². The number of hydrogen-bond acceptors (Lipinski definition) is 3. The molecule has 0 aliphatic heterocycles. The molecule has 0 radical (unpaired) electrons. The van der Waals surface area contributed by atoms with E-state index in [0.717, 1.165) is 29.8 Å². The fourth-order valence-corrected chi connectivity index (χ4v) is 2.55. The topological polar surface area (TPSA) is 38.1 Å². The number of nitrogens with zero attached hydrogens (tertiary/aromatic N) is 1. The molecule has 3 nitrogen and oxygen atoms in total. The van der Waals surface area contributed by atoms with Crippen LogP contribution in [0.4, 0.5) is 0 Å². The molecule has 1 aromatic rings. The van der Waals surface area contributed by atoms with E-state index in [0.29, 0.717) is 6.04 Å². The van der Waals surface area contributed by atoms with Crippen molar-refractivity contribution in [3.63, 3.8) is 0 Å². The number of aryl methyl sites for hydroxylation is 1. The first-order valence-electron chi connectivity index (χ1n) is 6.30. The van der Waals surface area contributed by atoms with Crippen LogP contribution in [0.1, 0.15) is 44.6 Å². The van der Waals surface area contributed by atoms with Crippen LogP contribution in [0.5, 0.6) is 0 Å². The van der Waals surface area contributed by atoms with Gasteiger partial charge in [-0.05, 0) is 31.6 Å². The van der Waals surface area contributed by atoms with Crippen LogP contribution in [0.15, 0.2) is 10.6 Å². The van der Waals surface area contributed by atoms with Crippen molar-refractivity contribution in [1.82, 2.24) is 10.5 Å². The molecule has 3 unspecified atom stereocenters. The summed E-state index contributed by atoms with van der Waals surface area (Å²) in [7, 11) is 0. The second kappa shape index (κ2) is 5.00. The monoisotopic (exact) mass is 222 g/mol. The Morgan fingerprint density at radius 1 is 1.44 bits per heavy atom. The Balaban J connectivity index is 1.84. The van der Waals surface area contributed by atoms with Crippen molar-refractivity contribution in [2.75, 3.05) is 0 Å². The van der Waals surface area contributed by atoms with Gasteiger partial charge in [0.15, 0.2) is 0 Å². The van der Waals surface area contributed by atoms with Gasteiger partial charge in [-0.15, -0.1) is 0 Å². The summed E-state index contributed by atoms with van der Waals surface area (Å²) in [6.07, 6.45) is 4.01. The molecule has 0 saturated heterocycles. The number of aromatic nitrogens is 1. The van der Waals surface area contributed by atoms with Crippen LogP contribution in [0.2, 0.25) is 0 Å². The van der Waals surface area contributed by atoms with Crippen molar-refractivity contribution in [1.29, 1.82) is 0 Å². The summed E-state index contributed by atoms with van der Waals surface area (Å²) < 4.78 is 5.06. The molecule has 16 heavy (non-hydrogen) atoms. The summed E-state index contributed by atoms with van der Waals surface area (Å²) in [6.45, 7) is 7.46. The average molecular weight is 222 g/mol. The van der Waals surface area contributed by atoms with Crippen LogP contribution in [0, 0.1) is 18.8 Å². The van der Waals surface area contributed by atoms with Gasteiger partial charge in [0.1, 0.15) is 5.76 Å². The highest BCUT2D eigenvalue weighted by atomic mass is 16.5. The molecule has 1 aromatic heterocycles. The maximum atomic E-state index is 5.06. The van der Waals surface area contributed by atoms with E-state index in [1.54, 1.807) is 0 Å². The van der Waals surface area contributed by atoms with Crippen LogP contribution in [0.25, 0.3) is 0 Å². The molecule has 0 aromatic carbocycles. The number of hydrogen-bond donors (Lipinski definition) is 1. The first kappa shape index (κ1) is 11.6. The van der Waals surface area contributed by atoms with Crippen molar-refractivity contribution in [3.05, 3.63) is 17.5 Å². The van der Waals surface area contributed by atoms with Crippen LogP contribution in [-0.4, -0.2) is 11.2 Å². The third-order valence-corrected chi connectivity index (χ3v) is 3.68. The van der Waals surface area contributed by atoms with Gasteiger partial charge in [0.2, 0.25) is 0 Å². The zero-order valence-corrected chi connectivity index (χ0v) is 10.5. The summed E-state index contributed by atoms with van der Waals surface area (Å²) in [5.41, 5.74) is 1.02. The quantitative estimate of drug-likeness (QED) is 0.854. The van der Waals surface area contributed by atoms with Gasteiger partial charge in [0.05, 0.1) is 5.69 Å². The molecule has 1 heterocycles. The van der Waals surface area contributed by atoms with Crippen molar-refractivity contribution < 1.29 is 4.52 Å². The highest BCUT2D eigenvalue weighted by Gasteiger charge is 2.24. The van der Waals surface area contributed by atoms with Gasteiger partial charge in [-0.25, -0.2) is 0 Å². The fourth-order valence-electron chi connectivity index (χ4n) is 2.55. The Bertz CT molecular complexity index is 334. The largest absolute Gasteiger partial charge is 0.361 e. The van der Waals surface area contributed by atoms with Crippen molar-refractivity contribution >= 4 is 0 Å². The Morgan fingerprint density at radius 2 is 2.25 bits per heavy atom. The minimum atomic E-state index is 0.640. The van der Waals surface area contributed by atoms with Gasteiger partial charge in [-0.3, -0.25) is 0 Å². The third kappa shape index (κ3) is 2.85. The highest BCUT2D eigenvalue weighted by molar-refractivity contribution is 5.03. The summed E-state index contributed by atoms with van der Waals surface area (Å²) in [6, 6.07) is 2.64. The molecule has 3 heteroatoms. The second-order valence-corrected chi connectivity index (χ2v) is 5.31. The summed E-state index contributed by atoms with van der Waals surface area (Å²) in [5.74, 6) is 2.53. The normalized spacial score (nSPS) is 30.6. The molecule has 0 spiro atoms. The zero-order chi connectivity index (χ0) is 11.5. The van der Waals surface area contributed by atoms with Crippen molar-refractivity contribution in [2.24, 2.45) is 11.8 Å². The van der Waals surface area contributed by atoms with E-state index < -0.39 is 0 Å². The van der Waals surface area contributed by atoms with Gasteiger partial charge in [-0.2, -0.15) is 0 Å². The standard InChI is InChI=1S/C13H22N2O/c1-9-4-5-10(2)13(6-9)14-8-12-7-11(3)16-15-12/h7,9-10,13-14H,4-6,8H2,1-3H3. The molecule has 3 atom stereocenters. The fraction of sp³-hybridized carbons (Fsp3) is 0.769. The minimum Gasteiger partial charge on any atom is -0.361 e. The van der Waals surface area contributed by atoms with E-state index in [2.05, 4.69) is 24.3 Å². The summed E-state index contributed by atoms with van der Waals surface area (Å²) in [4.78, 5) is 0. The van der Waals surface area contributed by atoms with E-state index in [9.17, 15) is 0 Å². The molecule has 1 fully saturated rings. The lowest BCUT2D eigenvalue weighted by Crippen LogP contribution is -2.39. The highest BCUT2D eigenvalue weighted by Crippen LogP contribution is 2.28. The molecule has 90 valence electrons. The van der Waals surface area contributed by atoms with Crippen LogP contribution >= 0.6 is 0 Å². The van der Waals surface area contributed by atoms with Gasteiger partial charge >= 0.3 is 0 Å². The molecule has 0 bridgehead atoms. The lowest BCUT2D eigenvalue weighted by Gasteiger charge is -2.33. The summed E-state index contributed by atoms with van der Waals surface area (Å²) >= 11 is 0. The maximum Gasteiger partial charge on any atom is 0.133 e. The predicted octanol–water partition coefficient (Wildman–Crippen LogP) is 2.90. The van der Waals surface area contributed by atoms with Crippen molar-refractivity contribution in [3.8, 4) is 0 Å². The SMILES string of the molecule is Cc1cc(CNC2CC(C)CCC2C)no1. The minimum absolute atomic E-state index is 0.640. The van der Waals surface area contributed by atoms with Gasteiger partial charge in [0.25, 0.3) is 0 Å². The Morgan fingerprint density at radius 3 is 2.94 bits per heavy atom. The van der Waals surface area contributed by atoms with Gasteiger partial charge in [0, 0.05) is 18.7 Å².